The average molecular weight is 387 g/mol. The molecular formula is C21H26N2O3S. The van der Waals surface area contributed by atoms with Crippen molar-refractivity contribution >= 4 is 21.4 Å². The Kier molecular flexibility index (Phi) is 5.85. The van der Waals surface area contributed by atoms with Gasteiger partial charge in [-0.1, -0.05) is 29.8 Å². The minimum Gasteiger partial charge on any atom is -0.368 e. The van der Waals surface area contributed by atoms with Gasteiger partial charge in [-0.25, -0.2) is 8.42 Å². The maximum absolute atomic E-state index is 12.5. The quantitative estimate of drug-likeness (QED) is 0.793. The summed E-state index contributed by atoms with van der Waals surface area (Å²) in [7, 11) is -3.43. The molecule has 0 N–H and O–H groups in total. The zero-order valence-corrected chi connectivity index (χ0v) is 16.7. The number of aryl methyl sites for hydroxylation is 2. The summed E-state index contributed by atoms with van der Waals surface area (Å²) in [5.41, 5.74) is 3.40. The molecule has 144 valence electrons. The van der Waals surface area contributed by atoms with Gasteiger partial charge in [0.05, 0.1) is 10.6 Å². The van der Waals surface area contributed by atoms with Gasteiger partial charge in [0, 0.05) is 38.3 Å². The minimum atomic E-state index is -3.43. The Labute approximate surface area is 161 Å². The van der Waals surface area contributed by atoms with Crippen LogP contribution in [0.5, 0.6) is 0 Å². The van der Waals surface area contributed by atoms with E-state index in [0.717, 1.165) is 18.7 Å². The molecule has 27 heavy (non-hydrogen) atoms. The second-order valence-electron chi connectivity index (χ2n) is 7.09. The molecule has 2 aromatic rings. The van der Waals surface area contributed by atoms with E-state index in [1.807, 2.05) is 13.0 Å². The van der Waals surface area contributed by atoms with E-state index in [0.29, 0.717) is 13.1 Å². The van der Waals surface area contributed by atoms with Gasteiger partial charge in [0.1, 0.15) is 0 Å². The third-order valence-corrected chi connectivity index (χ3v) is 6.70. The molecule has 6 heteroatoms. The van der Waals surface area contributed by atoms with Crippen LogP contribution in [0.4, 0.5) is 5.69 Å². The summed E-state index contributed by atoms with van der Waals surface area (Å²) in [4.78, 5) is 16.8. The SMILES string of the molecule is Cc1ccc(S(=O)(=O)CCC(=O)N2CCN(c3cccc(C)c3)CC2)cc1. The second-order valence-corrected chi connectivity index (χ2v) is 9.20. The summed E-state index contributed by atoms with van der Waals surface area (Å²) in [6.07, 6.45) is 0.0284. The fourth-order valence-electron chi connectivity index (χ4n) is 3.28. The first kappa shape index (κ1) is 19.4. The van der Waals surface area contributed by atoms with Crippen LogP contribution in [-0.2, 0) is 14.6 Å². The van der Waals surface area contributed by atoms with E-state index in [1.165, 1.54) is 11.3 Å². The zero-order valence-electron chi connectivity index (χ0n) is 15.9. The van der Waals surface area contributed by atoms with Crippen LogP contribution in [0.15, 0.2) is 53.4 Å². The van der Waals surface area contributed by atoms with Gasteiger partial charge in [-0.15, -0.1) is 0 Å². The maximum Gasteiger partial charge on any atom is 0.223 e. The predicted molar refractivity (Wildman–Crippen MR) is 108 cm³/mol. The highest BCUT2D eigenvalue weighted by molar-refractivity contribution is 7.91. The van der Waals surface area contributed by atoms with Gasteiger partial charge in [0.2, 0.25) is 5.91 Å². The highest BCUT2D eigenvalue weighted by Crippen LogP contribution is 2.19. The zero-order chi connectivity index (χ0) is 19.4. The van der Waals surface area contributed by atoms with Gasteiger partial charge in [0.25, 0.3) is 0 Å². The second kappa shape index (κ2) is 8.13. The molecule has 0 atom stereocenters. The minimum absolute atomic E-state index is 0.0284. The van der Waals surface area contributed by atoms with E-state index in [-0.39, 0.29) is 23.0 Å². The molecule has 0 radical (unpaired) electrons. The van der Waals surface area contributed by atoms with Crippen molar-refractivity contribution in [3.8, 4) is 0 Å². The fourth-order valence-corrected chi connectivity index (χ4v) is 4.51. The standard InChI is InChI=1S/C21H26N2O3S/c1-17-6-8-20(9-7-17)27(25,26)15-10-21(24)23-13-11-22(12-14-23)19-5-3-4-18(2)16-19/h3-9,16H,10-15H2,1-2H3. The summed E-state index contributed by atoms with van der Waals surface area (Å²) in [5.74, 6) is -0.234. The summed E-state index contributed by atoms with van der Waals surface area (Å²) in [6.45, 7) is 6.75. The fraction of sp³-hybridized carbons (Fsp3) is 0.381. The van der Waals surface area contributed by atoms with E-state index in [1.54, 1.807) is 29.2 Å². The number of amides is 1. The first-order valence-electron chi connectivity index (χ1n) is 9.24. The molecule has 0 spiro atoms. The molecule has 0 saturated carbocycles. The lowest BCUT2D eigenvalue weighted by Gasteiger charge is -2.36. The summed E-state index contributed by atoms with van der Waals surface area (Å²) < 4.78 is 24.8. The molecule has 1 aliphatic rings. The van der Waals surface area contributed by atoms with E-state index >= 15 is 0 Å². The number of benzene rings is 2. The topological polar surface area (TPSA) is 57.7 Å². The molecule has 0 aliphatic carbocycles. The predicted octanol–water partition coefficient (Wildman–Crippen LogP) is 2.82. The number of anilines is 1. The number of nitrogens with zero attached hydrogens (tertiary/aromatic N) is 2. The van der Waals surface area contributed by atoms with Crippen LogP contribution in [0.25, 0.3) is 0 Å². The van der Waals surface area contributed by atoms with Crippen molar-refractivity contribution < 1.29 is 13.2 Å². The van der Waals surface area contributed by atoms with Gasteiger partial charge < -0.3 is 9.80 Å². The van der Waals surface area contributed by atoms with Gasteiger partial charge in [-0.05, 0) is 43.7 Å². The Morgan fingerprint density at radius 3 is 2.22 bits per heavy atom. The van der Waals surface area contributed by atoms with Crippen molar-refractivity contribution in [2.75, 3.05) is 36.8 Å². The normalized spacial score (nSPS) is 15.0. The number of carbonyl (C=O) groups is 1. The van der Waals surface area contributed by atoms with E-state index in [2.05, 4.69) is 30.0 Å². The van der Waals surface area contributed by atoms with Crippen molar-refractivity contribution in [1.29, 1.82) is 0 Å². The number of sulfone groups is 1. The van der Waals surface area contributed by atoms with Crippen molar-refractivity contribution in [2.24, 2.45) is 0 Å². The molecule has 5 nitrogen and oxygen atoms in total. The molecule has 0 bridgehead atoms. The van der Waals surface area contributed by atoms with Crippen molar-refractivity contribution in [3.05, 3.63) is 59.7 Å². The van der Waals surface area contributed by atoms with Crippen LogP contribution in [0.3, 0.4) is 0 Å². The van der Waals surface area contributed by atoms with Crippen molar-refractivity contribution in [1.82, 2.24) is 4.90 Å². The van der Waals surface area contributed by atoms with E-state index in [9.17, 15) is 13.2 Å². The Hall–Kier alpha value is -2.34. The van der Waals surface area contributed by atoms with Crippen molar-refractivity contribution in [3.63, 3.8) is 0 Å². The highest BCUT2D eigenvalue weighted by atomic mass is 32.2. The molecule has 1 fully saturated rings. The lowest BCUT2D eigenvalue weighted by Crippen LogP contribution is -2.49. The molecule has 3 rings (SSSR count). The summed E-state index contributed by atoms with van der Waals surface area (Å²) in [5, 5.41) is 0. The van der Waals surface area contributed by atoms with Crippen LogP contribution in [0, 0.1) is 13.8 Å². The molecule has 0 unspecified atom stereocenters. The first-order chi connectivity index (χ1) is 12.8. The molecular weight excluding hydrogens is 360 g/mol. The number of carbonyl (C=O) groups excluding carboxylic acids is 1. The molecule has 1 heterocycles. The number of rotatable bonds is 5. The van der Waals surface area contributed by atoms with Gasteiger partial charge in [-0.2, -0.15) is 0 Å². The first-order valence-corrected chi connectivity index (χ1v) is 10.9. The monoisotopic (exact) mass is 386 g/mol. The number of hydrogen-bond acceptors (Lipinski definition) is 4. The number of piperazine rings is 1. The lowest BCUT2D eigenvalue weighted by atomic mass is 10.2. The third kappa shape index (κ3) is 4.89. The molecule has 2 aromatic carbocycles. The van der Waals surface area contributed by atoms with Crippen LogP contribution >= 0.6 is 0 Å². The molecule has 1 aliphatic heterocycles. The van der Waals surface area contributed by atoms with Crippen LogP contribution < -0.4 is 4.90 Å². The Morgan fingerprint density at radius 2 is 1.59 bits per heavy atom. The van der Waals surface area contributed by atoms with Crippen LogP contribution in [-0.4, -0.2) is 51.2 Å². The molecule has 1 amide bonds. The molecule has 0 aromatic heterocycles. The maximum atomic E-state index is 12.5. The van der Waals surface area contributed by atoms with Crippen LogP contribution in [0.1, 0.15) is 17.5 Å². The van der Waals surface area contributed by atoms with Crippen LogP contribution in [0.2, 0.25) is 0 Å². The summed E-state index contributed by atoms with van der Waals surface area (Å²) in [6, 6.07) is 15.1. The smallest absolute Gasteiger partial charge is 0.223 e. The third-order valence-electron chi connectivity index (χ3n) is 4.96. The average Bonchev–Trinajstić information content (AvgIpc) is 2.67. The van der Waals surface area contributed by atoms with E-state index < -0.39 is 9.84 Å². The van der Waals surface area contributed by atoms with E-state index in [4.69, 9.17) is 0 Å². The Bertz CT molecular complexity index is 899. The summed E-state index contributed by atoms with van der Waals surface area (Å²) >= 11 is 0. The molecule has 1 saturated heterocycles. The Balaban J connectivity index is 1.53. The van der Waals surface area contributed by atoms with Gasteiger partial charge >= 0.3 is 0 Å². The number of hydrogen-bond donors (Lipinski definition) is 0. The van der Waals surface area contributed by atoms with Gasteiger partial charge in [0.15, 0.2) is 9.84 Å². The van der Waals surface area contributed by atoms with Gasteiger partial charge in [-0.3, -0.25) is 4.79 Å². The largest absolute Gasteiger partial charge is 0.368 e. The highest BCUT2D eigenvalue weighted by Gasteiger charge is 2.23. The lowest BCUT2D eigenvalue weighted by molar-refractivity contribution is -0.131. The van der Waals surface area contributed by atoms with Crippen molar-refractivity contribution in [2.45, 2.75) is 25.2 Å². The Morgan fingerprint density at radius 1 is 0.926 bits per heavy atom.